The molecule has 96 valence electrons. The van der Waals surface area contributed by atoms with Crippen molar-refractivity contribution >= 4 is 19.9 Å². The smallest absolute Gasteiger partial charge is 0.215 e. The van der Waals surface area contributed by atoms with E-state index in [2.05, 4.69) is 5.32 Å². The largest absolute Gasteiger partial charge is 0.312 e. The standard InChI is InChI=1S/C8H18N2O4S2/c1-8-7-10(4-3-9-8)16(13,14)6-5-15(2,11)12/h8-9H,3-7H2,1-2H3/t8-/m0/s1. The molecule has 0 saturated carbocycles. The Morgan fingerprint density at radius 1 is 1.25 bits per heavy atom. The molecule has 0 aromatic carbocycles. The van der Waals surface area contributed by atoms with Gasteiger partial charge in [-0.15, -0.1) is 0 Å². The lowest BCUT2D eigenvalue weighted by atomic mass is 10.3. The van der Waals surface area contributed by atoms with E-state index in [0.29, 0.717) is 19.6 Å². The average Bonchev–Trinajstić information content (AvgIpc) is 2.14. The summed E-state index contributed by atoms with van der Waals surface area (Å²) in [7, 11) is -6.67. The van der Waals surface area contributed by atoms with E-state index in [1.165, 1.54) is 4.31 Å². The SMILES string of the molecule is C[C@H]1CN(S(=O)(=O)CCS(C)(=O)=O)CCN1. The van der Waals surface area contributed by atoms with Gasteiger partial charge in [0.2, 0.25) is 10.0 Å². The molecule has 8 heteroatoms. The van der Waals surface area contributed by atoms with Gasteiger partial charge in [-0.3, -0.25) is 0 Å². The fourth-order valence-electron chi connectivity index (χ4n) is 1.54. The van der Waals surface area contributed by atoms with Crippen LogP contribution >= 0.6 is 0 Å². The number of nitrogens with one attached hydrogen (secondary N) is 1. The Morgan fingerprint density at radius 2 is 1.88 bits per heavy atom. The van der Waals surface area contributed by atoms with E-state index in [1.807, 2.05) is 6.92 Å². The minimum Gasteiger partial charge on any atom is -0.312 e. The van der Waals surface area contributed by atoms with Gasteiger partial charge in [0.05, 0.1) is 11.5 Å². The van der Waals surface area contributed by atoms with Crippen LogP contribution in [0.1, 0.15) is 6.92 Å². The monoisotopic (exact) mass is 270 g/mol. The summed E-state index contributed by atoms with van der Waals surface area (Å²) in [5, 5.41) is 3.13. The molecule has 0 aliphatic carbocycles. The van der Waals surface area contributed by atoms with Crippen molar-refractivity contribution in [2.45, 2.75) is 13.0 Å². The molecule has 0 aromatic heterocycles. The van der Waals surface area contributed by atoms with Gasteiger partial charge in [-0.1, -0.05) is 0 Å². The van der Waals surface area contributed by atoms with Gasteiger partial charge in [-0.25, -0.2) is 16.8 Å². The van der Waals surface area contributed by atoms with Crippen molar-refractivity contribution in [1.82, 2.24) is 9.62 Å². The Kier molecular flexibility index (Phi) is 4.33. The molecule has 1 aliphatic heterocycles. The van der Waals surface area contributed by atoms with E-state index in [4.69, 9.17) is 0 Å². The molecule has 0 amide bonds. The van der Waals surface area contributed by atoms with Crippen molar-refractivity contribution < 1.29 is 16.8 Å². The van der Waals surface area contributed by atoms with Crippen LogP contribution in [0.2, 0.25) is 0 Å². The second-order valence-corrected chi connectivity index (χ2v) is 8.51. The Labute approximate surface area is 97.0 Å². The normalized spacial score (nSPS) is 24.5. The lowest BCUT2D eigenvalue weighted by Gasteiger charge is -2.30. The molecular formula is C8H18N2O4S2. The molecule has 0 unspecified atom stereocenters. The summed E-state index contributed by atoms with van der Waals surface area (Å²) in [4.78, 5) is 0. The second-order valence-electron chi connectivity index (χ2n) is 4.16. The van der Waals surface area contributed by atoms with Crippen molar-refractivity contribution in [1.29, 1.82) is 0 Å². The molecule has 1 heterocycles. The van der Waals surface area contributed by atoms with E-state index in [9.17, 15) is 16.8 Å². The molecule has 16 heavy (non-hydrogen) atoms. The first-order chi connectivity index (χ1) is 7.21. The number of rotatable bonds is 4. The Hall–Kier alpha value is -0.180. The van der Waals surface area contributed by atoms with Crippen molar-refractivity contribution in [3.05, 3.63) is 0 Å². The van der Waals surface area contributed by atoms with Gasteiger partial charge in [0.1, 0.15) is 9.84 Å². The van der Waals surface area contributed by atoms with Gasteiger partial charge in [0.15, 0.2) is 0 Å². The maximum Gasteiger partial charge on any atom is 0.215 e. The van der Waals surface area contributed by atoms with E-state index in [-0.39, 0.29) is 17.5 Å². The Morgan fingerprint density at radius 3 is 2.38 bits per heavy atom. The maximum absolute atomic E-state index is 11.8. The first-order valence-corrected chi connectivity index (χ1v) is 8.76. The number of hydrogen-bond donors (Lipinski definition) is 1. The fourth-order valence-corrected chi connectivity index (χ4v) is 4.67. The lowest BCUT2D eigenvalue weighted by molar-refractivity contribution is 0.310. The van der Waals surface area contributed by atoms with Crippen LogP contribution in [0.4, 0.5) is 0 Å². The number of hydrogen-bond acceptors (Lipinski definition) is 5. The van der Waals surface area contributed by atoms with E-state index in [1.54, 1.807) is 0 Å². The fraction of sp³-hybridized carbons (Fsp3) is 1.00. The summed E-state index contributed by atoms with van der Waals surface area (Å²) in [6, 6.07) is 0.113. The van der Waals surface area contributed by atoms with Crippen LogP contribution in [0.5, 0.6) is 0 Å². The molecule has 1 rings (SSSR count). The average molecular weight is 270 g/mol. The van der Waals surface area contributed by atoms with Crippen LogP contribution in [0.15, 0.2) is 0 Å². The molecule has 0 radical (unpaired) electrons. The zero-order chi connectivity index (χ0) is 12.4. The van der Waals surface area contributed by atoms with Crippen LogP contribution in [0, 0.1) is 0 Å². The highest BCUT2D eigenvalue weighted by Gasteiger charge is 2.27. The molecular weight excluding hydrogens is 252 g/mol. The summed E-state index contributed by atoms with van der Waals surface area (Å²) in [6.07, 6.45) is 1.04. The molecule has 0 spiro atoms. The van der Waals surface area contributed by atoms with Crippen LogP contribution in [0.3, 0.4) is 0 Å². The number of nitrogens with zero attached hydrogens (tertiary/aromatic N) is 1. The Balaban J connectivity index is 2.63. The number of sulfone groups is 1. The van der Waals surface area contributed by atoms with Gasteiger partial charge >= 0.3 is 0 Å². The van der Waals surface area contributed by atoms with Crippen LogP contribution in [-0.2, 0) is 19.9 Å². The third-order valence-electron chi connectivity index (χ3n) is 2.44. The van der Waals surface area contributed by atoms with E-state index >= 15 is 0 Å². The lowest BCUT2D eigenvalue weighted by Crippen LogP contribution is -2.52. The summed E-state index contributed by atoms with van der Waals surface area (Å²) in [6.45, 7) is 3.33. The van der Waals surface area contributed by atoms with Crippen molar-refractivity contribution in [2.24, 2.45) is 0 Å². The minimum absolute atomic E-state index is 0.113. The van der Waals surface area contributed by atoms with E-state index in [0.717, 1.165) is 6.26 Å². The molecule has 1 atom stereocenters. The highest BCUT2D eigenvalue weighted by Crippen LogP contribution is 2.07. The van der Waals surface area contributed by atoms with Crippen molar-refractivity contribution in [2.75, 3.05) is 37.4 Å². The summed E-state index contributed by atoms with van der Waals surface area (Å²) < 4.78 is 46.8. The number of sulfonamides is 1. The molecule has 6 nitrogen and oxygen atoms in total. The van der Waals surface area contributed by atoms with Crippen LogP contribution in [0.25, 0.3) is 0 Å². The highest BCUT2D eigenvalue weighted by molar-refractivity contribution is 7.93. The quantitative estimate of drug-likeness (QED) is 0.683. The molecule has 0 aromatic rings. The zero-order valence-electron chi connectivity index (χ0n) is 9.51. The van der Waals surface area contributed by atoms with Crippen molar-refractivity contribution in [3.8, 4) is 0 Å². The minimum atomic E-state index is -3.44. The first kappa shape index (κ1) is 13.9. The number of piperazine rings is 1. The first-order valence-electron chi connectivity index (χ1n) is 5.10. The molecule has 1 N–H and O–H groups in total. The van der Waals surface area contributed by atoms with Crippen LogP contribution < -0.4 is 5.32 Å². The van der Waals surface area contributed by atoms with Crippen LogP contribution in [-0.4, -0.2) is 64.6 Å². The predicted octanol–water partition coefficient (Wildman–Crippen LogP) is -1.35. The van der Waals surface area contributed by atoms with Gasteiger partial charge in [-0.05, 0) is 6.92 Å². The molecule has 1 saturated heterocycles. The third-order valence-corrected chi connectivity index (χ3v) is 5.48. The van der Waals surface area contributed by atoms with Gasteiger partial charge < -0.3 is 5.32 Å². The Bertz CT molecular complexity index is 429. The topological polar surface area (TPSA) is 83.6 Å². The summed E-state index contributed by atoms with van der Waals surface area (Å²) in [5.74, 6) is -0.633. The molecule has 1 aliphatic rings. The molecule has 1 fully saturated rings. The molecule has 0 bridgehead atoms. The van der Waals surface area contributed by atoms with Gasteiger partial charge in [0, 0.05) is 31.9 Å². The predicted molar refractivity (Wildman–Crippen MR) is 62.5 cm³/mol. The van der Waals surface area contributed by atoms with Gasteiger partial charge in [0.25, 0.3) is 0 Å². The summed E-state index contributed by atoms with van der Waals surface area (Å²) in [5.41, 5.74) is 0. The maximum atomic E-state index is 11.8. The zero-order valence-corrected chi connectivity index (χ0v) is 11.1. The third kappa shape index (κ3) is 4.36. The summed E-state index contributed by atoms with van der Waals surface area (Å²) >= 11 is 0. The second kappa shape index (κ2) is 4.99. The van der Waals surface area contributed by atoms with Crippen molar-refractivity contribution in [3.63, 3.8) is 0 Å². The highest BCUT2D eigenvalue weighted by atomic mass is 32.2. The van der Waals surface area contributed by atoms with Gasteiger partial charge in [-0.2, -0.15) is 4.31 Å². The van der Waals surface area contributed by atoms with E-state index < -0.39 is 19.9 Å².